The van der Waals surface area contributed by atoms with Crippen molar-refractivity contribution in [2.24, 2.45) is 0 Å². The van der Waals surface area contributed by atoms with Crippen LogP contribution < -0.4 is 0 Å². The summed E-state index contributed by atoms with van der Waals surface area (Å²) in [7, 11) is 0. The number of nitrogens with zero attached hydrogens (tertiary/aromatic N) is 4. The predicted octanol–water partition coefficient (Wildman–Crippen LogP) is 8.79. The molecule has 0 bridgehead atoms. The molecule has 0 saturated heterocycles. The maximum absolute atomic E-state index is 9.15. The Labute approximate surface area is 236 Å². The summed E-state index contributed by atoms with van der Waals surface area (Å²) < 4.78 is 6.34. The van der Waals surface area contributed by atoms with Crippen LogP contribution in [0.4, 0.5) is 0 Å². The Morgan fingerprint density at radius 1 is 0.415 bits per heavy atom. The molecule has 3 aromatic heterocycles. The SMILES string of the molecule is N#Cc1cc(-c2ccc(-c3ccc4c(c3)oc3cc(-c5ccc(-c6ccnc(C#N)c6)cc5)ccc34)cc2)ccn1. The highest BCUT2D eigenvalue weighted by atomic mass is 16.3. The Balaban J connectivity index is 1.18. The molecular formula is C36H20N4O. The van der Waals surface area contributed by atoms with E-state index in [-0.39, 0.29) is 0 Å². The number of benzene rings is 4. The van der Waals surface area contributed by atoms with Crippen LogP contribution >= 0.6 is 0 Å². The lowest BCUT2D eigenvalue weighted by atomic mass is 9.98. The number of furan rings is 1. The molecule has 0 unspecified atom stereocenters. The highest BCUT2D eigenvalue weighted by Crippen LogP contribution is 2.35. The van der Waals surface area contributed by atoms with Crippen molar-refractivity contribution in [1.82, 2.24) is 9.97 Å². The van der Waals surface area contributed by atoms with Gasteiger partial charge in [-0.05, 0) is 93.0 Å². The molecule has 0 N–H and O–H groups in total. The summed E-state index contributed by atoms with van der Waals surface area (Å²) in [6, 6.07) is 40.8. The van der Waals surface area contributed by atoms with Crippen LogP contribution in [0.2, 0.25) is 0 Å². The van der Waals surface area contributed by atoms with Gasteiger partial charge >= 0.3 is 0 Å². The number of aromatic nitrogens is 2. The van der Waals surface area contributed by atoms with Crippen LogP contribution in [0.1, 0.15) is 11.4 Å². The number of rotatable bonds is 4. The van der Waals surface area contributed by atoms with Gasteiger partial charge in [0, 0.05) is 23.2 Å². The van der Waals surface area contributed by atoms with E-state index in [4.69, 9.17) is 14.9 Å². The van der Waals surface area contributed by atoms with E-state index in [0.29, 0.717) is 11.4 Å². The van der Waals surface area contributed by atoms with Gasteiger partial charge in [-0.1, -0.05) is 60.7 Å². The van der Waals surface area contributed by atoms with Crippen LogP contribution in [0.25, 0.3) is 66.4 Å². The summed E-state index contributed by atoms with van der Waals surface area (Å²) in [6.07, 6.45) is 3.32. The average Bonchev–Trinajstić information content (AvgIpc) is 3.42. The van der Waals surface area contributed by atoms with E-state index in [9.17, 15) is 0 Å². The van der Waals surface area contributed by atoms with Gasteiger partial charge in [0.1, 0.15) is 34.7 Å². The average molecular weight is 525 g/mol. The largest absolute Gasteiger partial charge is 0.456 e. The Kier molecular flexibility index (Phi) is 5.82. The number of fused-ring (bicyclic) bond motifs is 3. The first kappa shape index (κ1) is 24.0. The van der Waals surface area contributed by atoms with E-state index in [1.54, 1.807) is 24.5 Å². The van der Waals surface area contributed by atoms with Crippen molar-refractivity contribution in [3.63, 3.8) is 0 Å². The first-order valence-electron chi connectivity index (χ1n) is 13.1. The molecular weight excluding hydrogens is 504 g/mol. The fraction of sp³-hybridized carbons (Fsp3) is 0. The molecule has 0 spiro atoms. The molecule has 41 heavy (non-hydrogen) atoms. The highest BCUT2D eigenvalue weighted by Gasteiger charge is 2.11. The third kappa shape index (κ3) is 4.48. The Morgan fingerprint density at radius 3 is 1.12 bits per heavy atom. The minimum atomic E-state index is 0.405. The van der Waals surface area contributed by atoms with Crippen LogP contribution in [-0.2, 0) is 0 Å². The zero-order valence-corrected chi connectivity index (χ0v) is 21.7. The third-order valence-corrected chi connectivity index (χ3v) is 7.33. The molecule has 190 valence electrons. The molecule has 5 heteroatoms. The topological polar surface area (TPSA) is 86.5 Å². The van der Waals surface area contributed by atoms with E-state index in [1.165, 1.54) is 0 Å². The van der Waals surface area contributed by atoms with Gasteiger partial charge in [0.05, 0.1) is 0 Å². The van der Waals surface area contributed by atoms with E-state index < -0.39 is 0 Å². The smallest absolute Gasteiger partial charge is 0.141 e. The van der Waals surface area contributed by atoms with Crippen molar-refractivity contribution in [3.8, 4) is 56.6 Å². The minimum Gasteiger partial charge on any atom is -0.456 e. The van der Waals surface area contributed by atoms with E-state index in [2.05, 4.69) is 107 Å². The summed E-state index contributed by atoms with van der Waals surface area (Å²) in [4.78, 5) is 8.11. The van der Waals surface area contributed by atoms with Crippen LogP contribution in [0.15, 0.2) is 126 Å². The summed E-state index contributed by atoms with van der Waals surface area (Å²) in [5.74, 6) is 0. The lowest BCUT2D eigenvalue weighted by molar-refractivity contribution is 0.669. The second-order valence-electron chi connectivity index (χ2n) is 9.76. The summed E-state index contributed by atoms with van der Waals surface area (Å²) >= 11 is 0. The van der Waals surface area contributed by atoms with Crippen molar-refractivity contribution in [1.29, 1.82) is 10.5 Å². The fourth-order valence-electron chi connectivity index (χ4n) is 5.19. The fourth-order valence-corrected chi connectivity index (χ4v) is 5.19. The lowest BCUT2D eigenvalue weighted by Crippen LogP contribution is -1.85. The van der Waals surface area contributed by atoms with Gasteiger partial charge in [0.2, 0.25) is 0 Å². The van der Waals surface area contributed by atoms with Gasteiger partial charge in [0.15, 0.2) is 0 Å². The van der Waals surface area contributed by atoms with Gasteiger partial charge < -0.3 is 4.42 Å². The third-order valence-electron chi connectivity index (χ3n) is 7.33. The summed E-state index contributed by atoms with van der Waals surface area (Å²) in [5.41, 5.74) is 10.8. The zero-order chi connectivity index (χ0) is 27.8. The molecule has 0 amide bonds. The molecule has 7 aromatic rings. The van der Waals surface area contributed by atoms with E-state index in [0.717, 1.165) is 66.4 Å². The Morgan fingerprint density at radius 2 is 0.756 bits per heavy atom. The molecule has 0 atom stereocenters. The monoisotopic (exact) mass is 524 g/mol. The molecule has 0 radical (unpaired) electrons. The standard InChI is InChI=1S/C36H20N4O/c37-21-31-17-29(13-15-39-31)25-5-1-23(2-6-25)27-9-11-33-34-12-10-28(20-36(34)41-35(33)19-27)24-3-7-26(8-4-24)30-14-16-40-32(18-30)22-38/h1-20H. The van der Waals surface area contributed by atoms with Crippen LogP contribution in [0, 0.1) is 22.7 Å². The number of nitriles is 2. The van der Waals surface area contributed by atoms with Crippen molar-refractivity contribution in [3.05, 3.63) is 133 Å². The first-order chi connectivity index (χ1) is 20.2. The molecule has 5 nitrogen and oxygen atoms in total. The van der Waals surface area contributed by atoms with Gasteiger partial charge in [-0.2, -0.15) is 10.5 Å². The normalized spacial score (nSPS) is 10.9. The van der Waals surface area contributed by atoms with Crippen LogP contribution in [0.3, 0.4) is 0 Å². The zero-order valence-electron chi connectivity index (χ0n) is 21.7. The molecule has 4 aromatic carbocycles. The van der Waals surface area contributed by atoms with Gasteiger partial charge in [-0.3, -0.25) is 0 Å². The Bertz CT molecular complexity index is 2010. The molecule has 0 fully saturated rings. The van der Waals surface area contributed by atoms with Crippen LogP contribution in [0.5, 0.6) is 0 Å². The second-order valence-corrected chi connectivity index (χ2v) is 9.76. The van der Waals surface area contributed by atoms with E-state index in [1.807, 2.05) is 12.1 Å². The first-order valence-corrected chi connectivity index (χ1v) is 13.1. The van der Waals surface area contributed by atoms with Gasteiger partial charge in [-0.15, -0.1) is 0 Å². The quantitative estimate of drug-likeness (QED) is 0.230. The Hall–Kier alpha value is -6.04. The number of pyridine rings is 2. The highest BCUT2D eigenvalue weighted by molar-refractivity contribution is 6.07. The molecule has 7 rings (SSSR count). The number of hydrogen-bond donors (Lipinski definition) is 0. The van der Waals surface area contributed by atoms with Gasteiger partial charge in [0.25, 0.3) is 0 Å². The number of hydrogen-bond acceptors (Lipinski definition) is 5. The maximum atomic E-state index is 9.15. The molecule has 0 aliphatic heterocycles. The molecule has 0 aliphatic rings. The van der Waals surface area contributed by atoms with Crippen molar-refractivity contribution >= 4 is 21.9 Å². The summed E-state index contributed by atoms with van der Waals surface area (Å²) in [5, 5.41) is 20.4. The molecule has 0 saturated carbocycles. The van der Waals surface area contributed by atoms with E-state index >= 15 is 0 Å². The predicted molar refractivity (Wildman–Crippen MR) is 160 cm³/mol. The van der Waals surface area contributed by atoms with Crippen molar-refractivity contribution < 1.29 is 4.42 Å². The van der Waals surface area contributed by atoms with Crippen molar-refractivity contribution in [2.75, 3.05) is 0 Å². The van der Waals surface area contributed by atoms with Gasteiger partial charge in [-0.25, -0.2) is 9.97 Å². The van der Waals surface area contributed by atoms with Crippen LogP contribution in [-0.4, -0.2) is 9.97 Å². The summed E-state index contributed by atoms with van der Waals surface area (Å²) in [6.45, 7) is 0. The van der Waals surface area contributed by atoms with Crippen molar-refractivity contribution in [2.45, 2.75) is 0 Å². The maximum Gasteiger partial charge on any atom is 0.141 e. The molecule has 3 heterocycles. The lowest BCUT2D eigenvalue weighted by Gasteiger charge is -2.05. The minimum absolute atomic E-state index is 0.405. The second kappa shape index (κ2) is 9.93. The molecule has 0 aliphatic carbocycles.